The molecule has 1 aromatic heterocycles. The number of amides is 1. The molecule has 0 radical (unpaired) electrons. The second-order valence-corrected chi connectivity index (χ2v) is 6.64. The van der Waals surface area contributed by atoms with Gasteiger partial charge in [0.25, 0.3) is 5.91 Å². The van der Waals surface area contributed by atoms with Crippen molar-refractivity contribution in [2.45, 2.75) is 45.6 Å². The van der Waals surface area contributed by atoms with E-state index >= 15 is 0 Å². The van der Waals surface area contributed by atoms with Gasteiger partial charge in [-0.25, -0.2) is 4.68 Å². The monoisotopic (exact) mass is 311 g/mol. The van der Waals surface area contributed by atoms with E-state index in [1.807, 2.05) is 53.9 Å². The van der Waals surface area contributed by atoms with Gasteiger partial charge in [-0.1, -0.05) is 38.0 Å². The van der Waals surface area contributed by atoms with Gasteiger partial charge in [0.05, 0.1) is 23.1 Å². The third-order valence-electron chi connectivity index (χ3n) is 5.12. The summed E-state index contributed by atoms with van der Waals surface area (Å²) < 4.78 is 1.84. The summed E-state index contributed by atoms with van der Waals surface area (Å²) in [5.74, 6) is 0.658. The Bertz CT molecular complexity index is 677. The SMILES string of the molecule is Cc1c(C(=O)N(C)C2CCCCC2C)cnn1-c1ccccc1. The Morgan fingerprint density at radius 1 is 1.22 bits per heavy atom. The Kier molecular flexibility index (Phi) is 4.51. The smallest absolute Gasteiger partial charge is 0.257 e. The molecule has 2 unspecified atom stereocenters. The van der Waals surface area contributed by atoms with Gasteiger partial charge < -0.3 is 4.90 Å². The molecule has 1 saturated carbocycles. The van der Waals surface area contributed by atoms with Crippen LogP contribution in [0.5, 0.6) is 0 Å². The molecule has 0 N–H and O–H groups in total. The average Bonchev–Trinajstić information content (AvgIpc) is 2.96. The van der Waals surface area contributed by atoms with Crippen molar-refractivity contribution >= 4 is 5.91 Å². The lowest BCUT2D eigenvalue weighted by Crippen LogP contribution is -2.42. The van der Waals surface area contributed by atoms with Gasteiger partial charge in [0.2, 0.25) is 0 Å². The van der Waals surface area contributed by atoms with E-state index in [4.69, 9.17) is 0 Å². The fourth-order valence-corrected chi connectivity index (χ4v) is 3.66. The van der Waals surface area contributed by atoms with Gasteiger partial charge in [-0.15, -0.1) is 0 Å². The maximum Gasteiger partial charge on any atom is 0.257 e. The Labute approximate surface area is 138 Å². The fraction of sp³-hybridized carbons (Fsp3) is 0.474. The molecule has 0 bridgehead atoms. The second kappa shape index (κ2) is 6.57. The molecule has 1 aliphatic rings. The zero-order chi connectivity index (χ0) is 16.4. The molecule has 1 aromatic carbocycles. The second-order valence-electron chi connectivity index (χ2n) is 6.64. The molecular weight excluding hydrogens is 286 g/mol. The molecule has 1 fully saturated rings. The van der Waals surface area contributed by atoms with Crippen LogP contribution in [0.2, 0.25) is 0 Å². The molecule has 23 heavy (non-hydrogen) atoms. The highest BCUT2D eigenvalue weighted by Gasteiger charge is 2.29. The van der Waals surface area contributed by atoms with Gasteiger partial charge in [-0.3, -0.25) is 4.79 Å². The molecule has 3 rings (SSSR count). The maximum atomic E-state index is 12.9. The average molecular weight is 311 g/mol. The summed E-state index contributed by atoms with van der Waals surface area (Å²) in [5.41, 5.74) is 2.59. The third kappa shape index (κ3) is 3.03. The Morgan fingerprint density at radius 2 is 1.91 bits per heavy atom. The Balaban J connectivity index is 1.84. The summed E-state index contributed by atoms with van der Waals surface area (Å²) in [6.07, 6.45) is 6.52. The first-order valence-corrected chi connectivity index (χ1v) is 8.47. The third-order valence-corrected chi connectivity index (χ3v) is 5.12. The predicted molar refractivity (Wildman–Crippen MR) is 91.8 cm³/mol. The molecule has 0 spiro atoms. The van der Waals surface area contributed by atoms with E-state index in [-0.39, 0.29) is 5.91 Å². The summed E-state index contributed by atoms with van der Waals surface area (Å²) in [4.78, 5) is 14.9. The molecule has 4 nitrogen and oxygen atoms in total. The highest BCUT2D eigenvalue weighted by atomic mass is 16.2. The van der Waals surface area contributed by atoms with E-state index in [9.17, 15) is 4.79 Å². The normalized spacial score (nSPS) is 21.2. The van der Waals surface area contributed by atoms with Crippen LogP contribution in [0.25, 0.3) is 5.69 Å². The Hall–Kier alpha value is -2.10. The highest BCUT2D eigenvalue weighted by Crippen LogP contribution is 2.28. The predicted octanol–water partition coefficient (Wildman–Crippen LogP) is 3.83. The van der Waals surface area contributed by atoms with E-state index in [0.717, 1.165) is 17.8 Å². The van der Waals surface area contributed by atoms with Crippen LogP contribution < -0.4 is 0 Å². The number of carbonyl (C=O) groups is 1. The number of hydrogen-bond acceptors (Lipinski definition) is 2. The van der Waals surface area contributed by atoms with Crippen molar-refractivity contribution in [2.24, 2.45) is 5.92 Å². The van der Waals surface area contributed by atoms with Crippen LogP contribution in [-0.2, 0) is 0 Å². The molecule has 0 saturated heterocycles. The molecule has 4 heteroatoms. The zero-order valence-corrected chi connectivity index (χ0v) is 14.2. The molecule has 122 valence electrons. The highest BCUT2D eigenvalue weighted by molar-refractivity contribution is 5.95. The van der Waals surface area contributed by atoms with Gasteiger partial charge in [0, 0.05) is 13.1 Å². The number of hydrogen-bond donors (Lipinski definition) is 0. The van der Waals surface area contributed by atoms with E-state index in [1.54, 1.807) is 6.20 Å². The molecule has 2 atom stereocenters. The van der Waals surface area contributed by atoms with Crippen molar-refractivity contribution in [1.29, 1.82) is 0 Å². The molecule has 1 amide bonds. The molecule has 2 aromatic rings. The first-order chi connectivity index (χ1) is 11.1. The number of aromatic nitrogens is 2. The van der Waals surface area contributed by atoms with E-state index < -0.39 is 0 Å². The van der Waals surface area contributed by atoms with Crippen molar-refractivity contribution < 1.29 is 4.79 Å². The van der Waals surface area contributed by atoms with Crippen molar-refractivity contribution in [3.63, 3.8) is 0 Å². The maximum absolute atomic E-state index is 12.9. The quantitative estimate of drug-likeness (QED) is 0.864. The summed E-state index contributed by atoms with van der Waals surface area (Å²) in [6, 6.07) is 10.3. The lowest BCUT2D eigenvalue weighted by molar-refractivity contribution is 0.0628. The number of benzene rings is 1. The van der Waals surface area contributed by atoms with E-state index in [2.05, 4.69) is 12.0 Å². The van der Waals surface area contributed by atoms with Gasteiger partial charge in [-0.2, -0.15) is 5.10 Å². The van der Waals surface area contributed by atoms with Crippen molar-refractivity contribution in [1.82, 2.24) is 14.7 Å². The number of nitrogens with zero attached hydrogens (tertiary/aromatic N) is 3. The summed E-state index contributed by atoms with van der Waals surface area (Å²) in [7, 11) is 1.94. The first-order valence-electron chi connectivity index (χ1n) is 8.47. The zero-order valence-electron chi connectivity index (χ0n) is 14.2. The largest absolute Gasteiger partial charge is 0.338 e. The van der Waals surface area contributed by atoms with E-state index in [0.29, 0.717) is 17.5 Å². The minimum absolute atomic E-state index is 0.0865. The number of para-hydroxylation sites is 1. The van der Waals surface area contributed by atoms with Gasteiger partial charge >= 0.3 is 0 Å². The number of rotatable bonds is 3. The fourth-order valence-electron chi connectivity index (χ4n) is 3.66. The van der Waals surface area contributed by atoms with E-state index in [1.165, 1.54) is 19.3 Å². The number of carbonyl (C=O) groups excluding carboxylic acids is 1. The van der Waals surface area contributed by atoms with Crippen LogP contribution in [0.15, 0.2) is 36.5 Å². The minimum atomic E-state index is 0.0865. The summed E-state index contributed by atoms with van der Waals surface area (Å²) in [6.45, 7) is 4.22. The van der Waals surface area contributed by atoms with Crippen molar-refractivity contribution in [3.05, 3.63) is 47.8 Å². The van der Waals surface area contributed by atoms with Crippen LogP contribution in [-0.4, -0.2) is 33.7 Å². The molecular formula is C19H25N3O. The topological polar surface area (TPSA) is 38.1 Å². The van der Waals surface area contributed by atoms with Crippen LogP contribution in [0, 0.1) is 12.8 Å². The summed E-state index contributed by atoms with van der Waals surface area (Å²) in [5, 5.41) is 4.42. The van der Waals surface area contributed by atoms with Gasteiger partial charge in [-0.05, 0) is 37.8 Å². The van der Waals surface area contributed by atoms with Crippen LogP contribution in [0.3, 0.4) is 0 Å². The minimum Gasteiger partial charge on any atom is -0.338 e. The van der Waals surface area contributed by atoms with Crippen LogP contribution in [0.1, 0.15) is 48.7 Å². The van der Waals surface area contributed by atoms with Crippen LogP contribution >= 0.6 is 0 Å². The molecule has 1 aliphatic carbocycles. The van der Waals surface area contributed by atoms with Gasteiger partial charge in [0.1, 0.15) is 0 Å². The van der Waals surface area contributed by atoms with Gasteiger partial charge in [0.15, 0.2) is 0 Å². The standard InChI is InChI=1S/C19H25N3O/c1-14-9-7-8-12-18(14)21(3)19(23)17-13-20-22(15(17)2)16-10-5-4-6-11-16/h4-6,10-11,13-14,18H,7-9,12H2,1-3H3. The van der Waals surface area contributed by atoms with Crippen LogP contribution in [0.4, 0.5) is 0 Å². The lowest BCUT2D eigenvalue weighted by Gasteiger charge is -2.36. The van der Waals surface area contributed by atoms with Crippen molar-refractivity contribution in [3.8, 4) is 5.69 Å². The molecule has 0 aliphatic heterocycles. The van der Waals surface area contributed by atoms with Crippen molar-refractivity contribution in [2.75, 3.05) is 7.05 Å². The lowest BCUT2D eigenvalue weighted by atomic mass is 9.85. The molecule has 1 heterocycles. The first kappa shape index (κ1) is 15.8. The Morgan fingerprint density at radius 3 is 2.61 bits per heavy atom. The summed E-state index contributed by atoms with van der Waals surface area (Å²) >= 11 is 0.